The highest BCUT2D eigenvalue weighted by Gasteiger charge is 2.29. The van der Waals surface area contributed by atoms with E-state index in [1.165, 1.54) is 62.4 Å². The molecule has 2 unspecified atom stereocenters. The Balaban J connectivity index is 1.51. The molecule has 1 saturated heterocycles. The third kappa shape index (κ3) is 6.27. The van der Waals surface area contributed by atoms with Crippen molar-refractivity contribution in [1.29, 1.82) is 0 Å². The van der Waals surface area contributed by atoms with Crippen molar-refractivity contribution in [1.82, 2.24) is 5.32 Å². The molecular weight excluding hydrogens is 505 g/mol. The van der Waals surface area contributed by atoms with E-state index in [4.69, 9.17) is 4.74 Å². The van der Waals surface area contributed by atoms with Crippen LogP contribution in [0.3, 0.4) is 0 Å². The van der Waals surface area contributed by atoms with Gasteiger partial charge in [-0.1, -0.05) is 31.2 Å². The molecule has 3 aromatic carbocycles. The van der Waals surface area contributed by atoms with E-state index in [1.807, 2.05) is 19.1 Å². The standard InChI is InChI=1S/C29H34FN3O4S/c1-21-7-6-18-32(19-21)24-12-10-23(11-13-24)22(2)31-29(34)20-33(28-9-5-4-8-27(28)30)38(35,36)26-16-14-25(37-3)15-17-26/h4-5,8-17,21-22H,6-7,18-20H2,1-3H3,(H,31,34). The quantitative estimate of drug-likeness (QED) is 0.407. The summed E-state index contributed by atoms with van der Waals surface area (Å²) in [5.74, 6) is -0.151. The van der Waals surface area contributed by atoms with Gasteiger partial charge in [0.1, 0.15) is 18.1 Å². The Kier molecular flexibility index (Phi) is 8.56. The molecule has 1 aliphatic rings. The van der Waals surface area contributed by atoms with E-state index in [-0.39, 0.29) is 16.6 Å². The Morgan fingerprint density at radius 3 is 2.42 bits per heavy atom. The molecule has 9 heteroatoms. The van der Waals surface area contributed by atoms with Crippen LogP contribution in [0, 0.1) is 11.7 Å². The molecule has 0 radical (unpaired) electrons. The van der Waals surface area contributed by atoms with Gasteiger partial charge in [-0.3, -0.25) is 9.10 Å². The number of ether oxygens (including phenoxy) is 1. The van der Waals surface area contributed by atoms with Crippen LogP contribution in [0.5, 0.6) is 5.75 Å². The number of sulfonamides is 1. The van der Waals surface area contributed by atoms with Crippen molar-refractivity contribution in [3.63, 3.8) is 0 Å². The zero-order valence-electron chi connectivity index (χ0n) is 21.9. The Labute approximate surface area is 224 Å². The lowest BCUT2D eigenvalue weighted by Crippen LogP contribution is -2.42. The number of carbonyl (C=O) groups is 1. The number of para-hydroxylation sites is 1. The molecule has 0 bridgehead atoms. The molecule has 202 valence electrons. The molecule has 0 aliphatic carbocycles. The van der Waals surface area contributed by atoms with Crippen LogP contribution in [0.2, 0.25) is 0 Å². The summed E-state index contributed by atoms with van der Waals surface area (Å²) in [5, 5.41) is 2.86. The van der Waals surface area contributed by atoms with Gasteiger partial charge >= 0.3 is 0 Å². The van der Waals surface area contributed by atoms with Crippen molar-refractivity contribution in [2.75, 3.05) is 35.9 Å². The average Bonchev–Trinajstić information content (AvgIpc) is 2.92. The number of amides is 1. The molecule has 1 N–H and O–H groups in total. The normalized spacial score (nSPS) is 16.5. The van der Waals surface area contributed by atoms with E-state index in [0.717, 1.165) is 34.7 Å². The number of nitrogens with zero attached hydrogens (tertiary/aromatic N) is 2. The number of piperidine rings is 1. The molecule has 38 heavy (non-hydrogen) atoms. The van der Waals surface area contributed by atoms with Gasteiger partial charge in [-0.15, -0.1) is 0 Å². The Morgan fingerprint density at radius 1 is 1.11 bits per heavy atom. The number of methoxy groups -OCH3 is 1. The van der Waals surface area contributed by atoms with Crippen LogP contribution in [0.4, 0.5) is 15.8 Å². The van der Waals surface area contributed by atoms with Gasteiger partial charge in [-0.25, -0.2) is 12.8 Å². The van der Waals surface area contributed by atoms with Gasteiger partial charge in [0.05, 0.1) is 23.7 Å². The van der Waals surface area contributed by atoms with E-state index < -0.39 is 28.3 Å². The van der Waals surface area contributed by atoms with Gasteiger partial charge in [-0.05, 0) is 79.8 Å². The zero-order chi connectivity index (χ0) is 27.3. The summed E-state index contributed by atoms with van der Waals surface area (Å²) in [4.78, 5) is 15.4. The summed E-state index contributed by atoms with van der Waals surface area (Å²) >= 11 is 0. The lowest BCUT2D eigenvalue weighted by Gasteiger charge is -2.33. The zero-order valence-corrected chi connectivity index (χ0v) is 22.7. The van der Waals surface area contributed by atoms with Gasteiger partial charge in [0.15, 0.2) is 0 Å². The summed E-state index contributed by atoms with van der Waals surface area (Å²) < 4.78 is 47.7. The summed E-state index contributed by atoms with van der Waals surface area (Å²) in [6.45, 7) is 5.58. The Hall–Kier alpha value is -3.59. The first-order valence-corrected chi connectivity index (χ1v) is 14.2. The minimum atomic E-state index is -4.25. The number of benzene rings is 3. The molecule has 0 spiro atoms. The first-order chi connectivity index (χ1) is 18.2. The number of rotatable bonds is 9. The molecule has 1 aliphatic heterocycles. The maximum absolute atomic E-state index is 14.7. The molecule has 7 nitrogen and oxygen atoms in total. The maximum Gasteiger partial charge on any atom is 0.264 e. The molecule has 1 amide bonds. The van der Waals surface area contributed by atoms with E-state index in [0.29, 0.717) is 11.7 Å². The Bertz CT molecular complexity index is 1350. The van der Waals surface area contributed by atoms with Gasteiger partial charge in [0.25, 0.3) is 10.0 Å². The molecule has 1 fully saturated rings. The van der Waals surface area contributed by atoms with E-state index >= 15 is 0 Å². The highest BCUT2D eigenvalue weighted by atomic mass is 32.2. The van der Waals surface area contributed by atoms with Crippen molar-refractivity contribution in [3.05, 3.63) is 84.2 Å². The number of nitrogens with one attached hydrogen (secondary N) is 1. The third-order valence-corrected chi connectivity index (χ3v) is 8.62. The molecule has 2 atom stereocenters. The van der Waals surface area contributed by atoms with E-state index in [1.54, 1.807) is 0 Å². The smallest absolute Gasteiger partial charge is 0.264 e. The first kappa shape index (κ1) is 27.4. The third-order valence-electron chi connectivity index (χ3n) is 6.85. The summed E-state index contributed by atoms with van der Waals surface area (Å²) in [5.41, 5.74) is 1.84. The predicted octanol–water partition coefficient (Wildman–Crippen LogP) is 5.14. The fourth-order valence-corrected chi connectivity index (χ4v) is 6.16. The van der Waals surface area contributed by atoms with E-state index in [2.05, 4.69) is 29.3 Å². The lowest BCUT2D eigenvalue weighted by molar-refractivity contribution is -0.120. The van der Waals surface area contributed by atoms with Gasteiger partial charge < -0.3 is 15.0 Å². The molecule has 1 heterocycles. The van der Waals surface area contributed by atoms with Crippen molar-refractivity contribution in [2.24, 2.45) is 5.92 Å². The largest absolute Gasteiger partial charge is 0.497 e. The monoisotopic (exact) mass is 539 g/mol. The number of hydrogen-bond donors (Lipinski definition) is 1. The summed E-state index contributed by atoms with van der Waals surface area (Å²) in [6, 6.07) is 18.9. The maximum atomic E-state index is 14.7. The fourth-order valence-electron chi connectivity index (χ4n) is 4.73. The lowest BCUT2D eigenvalue weighted by atomic mass is 9.99. The first-order valence-electron chi connectivity index (χ1n) is 12.7. The van der Waals surface area contributed by atoms with Crippen molar-refractivity contribution in [2.45, 2.75) is 37.6 Å². The van der Waals surface area contributed by atoms with Crippen LogP contribution in [-0.4, -0.2) is 41.1 Å². The molecule has 4 rings (SSSR count). The van der Waals surface area contributed by atoms with Crippen LogP contribution in [0.25, 0.3) is 0 Å². The SMILES string of the molecule is COc1ccc(S(=O)(=O)N(CC(=O)NC(C)c2ccc(N3CCCC(C)C3)cc2)c2ccccc2F)cc1. The van der Waals surface area contributed by atoms with E-state index in [9.17, 15) is 17.6 Å². The topological polar surface area (TPSA) is 79.0 Å². The highest BCUT2D eigenvalue weighted by molar-refractivity contribution is 7.92. The van der Waals surface area contributed by atoms with Crippen LogP contribution in [0.1, 0.15) is 38.3 Å². The summed E-state index contributed by atoms with van der Waals surface area (Å²) in [6.07, 6.45) is 2.42. The van der Waals surface area contributed by atoms with Gasteiger partial charge in [0.2, 0.25) is 5.91 Å². The van der Waals surface area contributed by atoms with Crippen molar-refractivity contribution >= 4 is 27.3 Å². The molecule has 0 saturated carbocycles. The second kappa shape index (κ2) is 11.9. The number of halogens is 1. The summed E-state index contributed by atoms with van der Waals surface area (Å²) in [7, 11) is -2.77. The highest BCUT2D eigenvalue weighted by Crippen LogP contribution is 2.28. The number of carbonyl (C=O) groups excluding carboxylic acids is 1. The van der Waals surface area contributed by atoms with Crippen molar-refractivity contribution < 1.29 is 22.3 Å². The van der Waals surface area contributed by atoms with Crippen LogP contribution >= 0.6 is 0 Å². The van der Waals surface area contributed by atoms with Crippen LogP contribution in [0.15, 0.2) is 77.7 Å². The molecular formula is C29H34FN3O4S. The molecule has 0 aromatic heterocycles. The van der Waals surface area contributed by atoms with Crippen LogP contribution in [-0.2, 0) is 14.8 Å². The van der Waals surface area contributed by atoms with Crippen molar-refractivity contribution in [3.8, 4) is 5.75 Å². The van der Waals surface area contributed by atoms with Gasteiger partial charge in [0, 0.05) is 18.8 Å². The minimum absolute atomic E-state index is 0.0787. The predicted molar refractivity (Wildman–Crippen MR) is 148 cm³/mol. The second-order valence-electron chi connectivity index (χ2n) is 9.71. The average molecular weight is 540 g/mol. The second-order valence-corrected chi connectivity index (χ2v) is 11.6. The fraction of sp³-hybridized carbons (Fsp3) is 0.345. The minimum Gasteiger partial charge on any atom is -0.497 e. The Morgan fingerprint density at radius 2 is 1.79 bits per heavy atom. The molecule has 3 aromatic rings. The number of hydrogen-bond acceptors (Lipinski definition) is 5. The van der Waals surface area contributed by atoms with Gasteiger partial charge in [-0.2, -0.15) is 0 Å². The number of anilines is 2. The van der Waals surface area contributed by atoms with Crippen LogP contribution < -0.4 is 19.3 Å².